The summed E-state index contributed by atoms with van der Waals surface area (Å²) in [6.45, 7) is 3.88. The molecule has 0 bridgehead atoms. The van der Waals surface area contributed by atoms with Crippen LogP contribution in [0.3, 0.4) is 0 Å². The lowest BCUT2D eigenvalue weighted by molar-refractivity contribution is -0.128. The smallest absolute Gasteiger partial charge is 0.258 e. The zero-order chi connectivity index (χ0) is 24.1. The highest BCUT2D eigenvalue weighted by molar-refractivity contribution is 7.99. The fraction of sp³-hybridized carbons (Fsp3) is 0.261. The molecule has 0 fully saturated rings. The van der Waals surface area contributed by atoms with Gasteiger partial charge in [-0.3, -0.25) is 25.0 Å². The Hall–Kier alpha value is -3.86. The maximum atomic E-state index is 12.5. The van der Waals surface area contributed by atoms with Crippen LogP contribution in [0.1, 0.15) is 18.6 Å². The highest BCUT2D eigenvalue weighted by Crippen LogP contribution is 2.24. The topological polar surface area (TPSA) is 116 Å². The predicted octanol–water partition coefficient (Wildman–Crippen LogP) is 2.44. The molecule has 2 amide bonds. The third-order valence-electron chi connectivity index (χ3n) is 5.13. The summed E-state index contributed by atoms with van der Waals surface area (Å²) in [6.07, 6.45) is 0.693. The van der Waals surface area contributed by atoms with Gasteiger partial charge in [0.15, 0.2) is 5.16 Å². The van der Waals surface area contributed by atoms with E-state index in [4.69, 9.17) is 4.74 Å². The number of hydrogen-bond donors (Lipinski definition) is 2. The third-order valence-corrected chi connectivity index (χ3v) is 6.06. The van der Waals surface area contributed by atoms with Crippen molar-refractivity contribution in [2.45, 2.75) is 32.0 Å². The summed E-state index contributed by atoms with van der Waals surface area (Å²) in [4.78, 5) is 29.4. The van der Waals surface area contributed by atoms with Gasteiger partial charge in [-0.1, -0.05) is 36.9 Å². The number of carbonyl (C=O) groups is 2. The van der Waals surface area contributed by atoms with Crippen LogP contribution in [-0.2, 0) is 22.6 Å². The molecule has 11 heteroatoms. The Labute approximate surface area is 200 Å². The van der Waals surface area contributed by atoms with Gasteiger partial charge in [0.1, 0.15) is 23.9 Å². The fourth-order valence-corrected chi connectivity index (χ4v) is 4.34. The standard InChI is InChI=1S/C23H25N7O3S/c1-4-20-24-18-10-5-6-11-19(18)29(20)13-21(31)26-27-22(32)14-34-23-28-25-15(2)30(23)16-8-7-9-17(12-16)33-3/h5-12H,4,13-14H2,1-3H3,(H,26,31)(H,27,32). The predicted molar refractivity (Wildman–Crippen MR) is 129 cm³/mol. The van der Waals surface area contributed by atoms with E-state index in [-0.39, 0.29) is 24.1 Å². The number of aryl methyl sites for hydroxylation is 2. The van der Waals surface area contributed by atoms with Crippen molar-refractivity contribution in [3.05, 3.63) is 60.2 Å². The highest BCUT2D eigenvalue weighted by Gasteiger charge is 2.16. The lowest BCUT2D eigenvalue weighted by Gasteiger charge is -2.11. The quantitative estimate of drug-likeness (QED) is 0.295. The number of carbonyl (C=O) groups excluding carboxylic acids is 2. The Morgan fingerprint density at radius 2 is 1.85 bits per heavy atom. The molecule has 10 nitrogen and oxygen atoms in total. The second-order valence-corrected chi connectivity index (χ2v) is 8.35. The summed E-state index contributed by atoms with van der Waals surface area (Å²) in [7, 11) is 1.60. The van der Waals surface area contributed by atoms with Crippen molar-refractivity contribution in [1.82, 2.24) is 35.2 Å². The van der Waals surface area contributed by atoms with E-state index in [1.807, 2.05) is 71.5 Å². The monoisotopic (exact) mass is 479 g/mol. The summed E-state index contributed by atoms with van der Waals surface area (Å²) in [5.41, 5.74) is 7.49. The largest absolute Gasteiger partial charge is 0.497 e. The van der Waals surface area contributed by atoms with Crippen molar-refractivity contribution < 1.29 is 14.3 Å². The Balaban J connectivity index is 1.35. The van der Waals surface area contributed by atoms with Gasteiger partial charge in [0, 0.05) is 12.5 Å². The molecule has 176 valence electrons. The van der Waals surface area contributed by atoms with Crippen LogP contribution in [0.5, 0.6) is 5.75 Å². The Bertz CT molecular complexity index is 1330. The van der Waals surface area contributed by atoms with Crippen LogP contribution >= 0.6 is 11.8 Å². The van der Waals surface area contributed by atoms with Crippen LogP contribution in [0.4, 0.5) is 0 Å². The number of thioether (sulfide) groups is 1. The van der Waals surface area contributed by atoms with Gasteiger partial charge < -0.3 is 9.30 Å². The van der Waals surface area contributed by atoms with E-state index in [0.29, 0.717) is 23.2 Å². The van der Waals surface area contributed by atoms with Crippen LogP contribution < -0.4 is 15.6 Å². The van der Waals surface area contributed by atoms with Crippen molar-refractivity contribution in [2.24, 2.45) is 0 Å². The molecule has 0 unspecified atom stereocenters. The first-order valence-electron chi connectivity index (χ1n) is 10.7. The number of nitrogens with one attached hydrogen (secondary N) is 2. The molecule has 34 heavy (non-hydrogen) atoms. The summed E-state index contributed by atoms with van der Waals surface area (Å²) in [5.74, 6) is 1.55. The number of imidazole rings is 1. The van der Waals surface area contributed by atoms with Crippen LogP contribution in [-0.4, -0.2) is 49.0 Å². The Morgan fingerprint density at radius 1 is 1.06 bits per heavy atom. The molecule has 2 N–H and O–H groups in total. The number of para-hydroxylation sites is 2. The molecule has 0 saturated heterocycles. The first-order chi connectivity index (χ1) is 16.5. The number of amides is 2. The molecule has 0 aliphatic rings. The minimum atomic E-state index is -0.359. The number of hydrogen-bond acceptors (Lipinski definition) is 7. The van der Waals surface area contributed by atoms with Crippen LogP contribution in [0, 0.1) is 6.92 Å². The Morgan fingerprint density at radius 3 is 2.65 bits per heavy atom. The Kier molecular flexibility index (Phi) is 7.12. The van der Waals surface area contributed by atoms with Gasteiger partial charge in [-0.05, 0) is 31.2 Å². The highest BCUT2D eigenvalue weighted by atomic mass is 32.2. The van der Waals surface area contributed by atoms with Crippen LogP contribution in [0.25, 0.3) is 16.7 Å². The number of ether oxygens (including phenoxy) is 1. The third kappa shape index (κ3) is 5.04. The average Bonchev–Trinajstić information content (AvgIpc) is 3.41. The summed E-state index contributed by atoms with van der Waals surface area (Å²) >= 11 is 1.22. The maximum absolute atomic E-state index is 12.5. The molecular formula is C23H25N7O3S. The first kappa shape index (κ1) is 23.3. The molecule has 0 aliphatic heterocycles. The normalized spacial score (nSPS) is 10.9. The van der Waals surface area contributed by atoms with Crippen molar-refractivity contribution in [2.75, 3.05) is 12.9 Å². The molecule has 0 radical (unpaired) electrons. The van der Waals surface area contributed by atoms with Gasteiger partial charge in [0.2, 0.25) is 5.91 Å². The molecule has 4 rings (SSSR count). The van der Waals surface area contributed by atoms with E-state index in [0.717, 1.165) is 22.5 Å². The summed E-state index contributed by atoms with van der Waals surface area (Å²) in [6, 6.07) is 15.1. The van der Waals surface area contributed by atoms with Gasteiger partial charge in [-0.15, -0.1) is 10.2 Å². The average molecular weight is 480 g/mol. The van der Waals surface area contributed by atoms with Crippen LogP contribution in [0.15, 0.2) is 53.7 Å². The zero-order valence-corrected chi connectivity index (χ0v) is 19.9. The van der Waals surface area contributed by atoms with E-state index in [1.54, 1.807) is 7.11 Å². The number of fused-ring (bicyclic) bond motifs is 1. The number of nitrogens with zero attached hydrogens (tertiary/aromatic N) is 5. The van der Waals surface area contributed by atoms with E-state index < -0.39 is 0 Å². The van der Waals surface area contributed by atoms with E-state index in [1.165, 1.54) is 11.8 Å². The van der Waals surface area contributed by atoms with E-state index in [2.05, 4.69) is 26.0 Å². The van der Waals surface area contributed by atoms with Crippen molar-refractivity contribution >= 4 is 34.6 Å². The SMILES string of the molecule is CCc1nc2ccccc2n1CC(=O)NNC(=O)CSc1nnc(C)n1-c1cccc(OC)c1. The minimum Gasteiger partial charge on any atom is -0.497 e. The van der Waals surface area contributed by atoms with Crippen molar-refractivity contribution in [3.8, 4) is 11.4 Å². The number of methoxy groups -OCH3 is 1. The van der Waals surface area contributed by atoms with Gasteiger partial charge in [0.25, 0.3) is 5.91 Å². The minimum absolute atomic E-state index is 0.0522. The second kappa shape index (κ2) is 10.4. The van der Waals surface area contributed by atoms with Gasteiger partial charge in [-0.2, -0.15) is 0 Å². The zero-order valence-electron chi connectivity index (χ0n) is 19.1. The second-order valence-electron chi connectivity index (χ2n) is 7.41. The molecule has 0 spiro atoms. The number of hydrazine groups is 1. The van der Waals surface area contributed by atoms with Gasteiger partial charge in [-0.25, -0.2) is 4.98 Å². The number of aromatic nitrogens is 5. The molecule has 0 saturated carbocycles. The molecule has 2 aromatic heterocycles. The molecule has 4 aromatic rings. The molecule has 0 atom stereocenters. The van der Waals surface area contributed by atoms with Gasteiger partial charge >= 0.3 is 0 Å². The maximum Gasteiger partial charge on any atom is 0.258 e. The number of benzene rings is 2. The van der Waals surface area contributed by atoms with Crippen LogP contribution in [0.2, 0.25) is 0 Å². The van der Waals surface area contributed by atoms with E-state index >= 15 is 0 Å². The first-order valence-corrected chi connectivity index (χ1v) is 11.7. The summed E-state index contributed by atoms with van der Waals surface area (Å²) in [5, 5.41) is 8.85. The van der Waals surface area contributed by atoms with Crippen molar-refractivity contribution in [1.29, 1.82) is 0 Å². The lowest BCUT2D eigenvalue weighted by Crippen LogP contribution is -2.44. The van der Waals surface area contributed by atoms with Gasteiger partial charge in [0.05, 0.1) is 29.6 Å². The molecule has 0 aliphatic carbocycles. The van der Waals surface area contributed by atoms with E-state index in [9.17, 15) is 9.59 Å². The molecule has 2 heterocycles. The molecular weight excluding hydrogens is 454 g/mol. The summed E-state index contributed by atoms with van der Waals surface area (Å²) < 4.78 is 8.98. The number of rotatable bonds is 8. The fourth-order valence-electron chi connectivity index (χ4n) is 3.54. The lowest BCUT2D eigenvalue weighted by atomic mass is 10.3. The van der Waals surface area contributed by atoms with Crippen molar-refractivity contribution in [3.63, 3.8) is 0 Å². The molecule has 2 aromatic carbocycles.